The Morgan fingerprint density at radius 3 is 1.05 bits per heavy atom. The quantitative estimate of drug-likeness (QED) is 0.0529. The third-order valence-corrected chi connectivity index (χ3v) is 15.4. The fraction of sp³-hybridized carbons (Fsp3) is 0.824. The second-order valence-corrected chi connectivity index (χ2v) is 20.7. The number of carbonyl (C=O) groups excluding carboxylic acids is 2. The van der Waals surface area contributed by atoms with Crippen LogP contribution in [0.2, 0.25) is 8.87 Å². The first kappa shape index (κ1) is 38.2. The first-order valence-corrected chi connectivity index (χ1v) is 22.8. The summed E-state index contributed by atoms with van der Waals surface area (Å²) >= 11 is -4.02. The third kappa shape index (κ3) is 24.7. The minimum atomic E-state index is -4.02. The van der Waals surface area contributed by atoms with E-state index in [9.17, 15) is 9.59 Å². The van der Waals surface area contributed by atoms with Gasteiger partial charge in [0.15, 0.2) is 0 Å². The van der Waals surface area contributed by atoms with Crippen LogP contribution in [0.15, 0.2) is 23.3 Å². The van der Waals surface area contributed by atoms with E-state index in [0.29, 0.717) is 21.7 Å². The summed E-state index contributed by atoms with van der Waals surface area (Å²) in [5.74, 6) is -0.345. The van der Waals surface area contributed by atoms with Gasteiger partial charge in [-0.25, -0.2) is 0 Å². The van der Waals surface area contributed by atoms with E-state index >= 15 is 0 Å². The van der Waals surface area contributed by atoms with Gasteiger partial charge in [-0.05, 0) is 0 Å². The average molecular weight is 656 g/mol. The molecule has 0 saturated carbocycles. The van der Waals surface area contributed by atoms with Crippen LogP contribution in [0.25, 0.3) is 0 Å². The number of allylic oxidation sites excluding steroid dienone is 4. The molecular formula is C34H64O4Sn. The van der Waals surface area contributed by atoms with E-state index in [1.807, 2.05) is 27.7 Å². The van der Waals surface area contributed by atoms with Gasteiger partial charge in [-0.15, -0.1) is 0 Å². The van der Waals surface area contributed by atoms with Crippen molar-refractivity contribution in [2.45, 2.75) is 179 Å². The molecule has 5 heteroatoms. The van der Waals surface area contributed by atoms with Crippen molar-refractivity contribution in [3.63, 3.8) is 0 Å². The van der Waals surface area contributed by atoms with Crippen LogP contribution in [0, 0.1) is 0 Å². The van der Waals surface area contributed by atoms with Crippen molar-refractivity contribution < 1.29 is 15.7 Å². The molecule has 0 bridgehead atoms. The number of unbranched alkanes of at least 4 members (excludes halogenated alkanes) is 16. The fourth-order valence-corrected chi connectivity index (χ4v) is 13.3. The Morgan fingerprint density at radius 2 is 0.769 bits per heavy atom. The van der Waals surface area contributed by atoms with Gasteiger partial charge in [0.1, 0.15) is 0 Å². The second-order valence-electron chi connectivity index (χ2n) is 12.0. The fourth-order valence-electron chi connectivity index (χ4n) is 4.67. The first-order valence-electron chi connectivity index (χ1n) is 16.4. The Labute approximate surface area is 248 Å². The van der Waals surface area contributed by atoms with Crippen LogP contribution in [0.5, 0.6) is 0 Å². The minimum Gasteiger partial charge on any atom is -0.0654 e. The Bertz CT molecular complexity index is 617. The minimum absolute atomic E-state index is 0.172. The van der Waals surface area contributed by atoms with E-state index in [0.717, 1.165) is 25.7 Å². The zero-order valence-corrected chi connectivity index (χ0v) is 29.7. The molecule has 0 atom stereocenters. The summed E-state index contributed by atoms with van der Waals surface area (Å²) in [5.41, 5.74) is 2.33. The molecule has 0 saturated heterocycles. The molecule has 0 aliphatic rings. The van der Waals surface area contributed by atoms with Crippen molar-refractivity contribution in [3.05, 3.63) is 23.3 Å². The van der Waals surface area contributed by atoms with Gasteiger partial charge in [0.05, 0.1) is 0 Å². The smallest absolute Gasteiger partial charge is 0.0654 e. The predicted molar refractivity (Wildman–Crippen MR) is 170 cm³/mol. The molecule has 39 heavy (non-hydrogen) atoms. The molecule has 0 spiro atoms. The van der Waals surface area contributed by atoms with Gasteiger partial charge in [0, 0.05) is 0 Å². The van der Waals surface area contributed by atoms with Crippen molar-refractivity contribution in [2.24, 2.45) is 0 Å². The maximum atomic E-state index is 13.0. The molecule has 0 radical (unpaired) electrons. The van der Waals surface area contributed by atoms with Crippen LogP contribution in [0.4, 0.5) is 0 Å². The maximum absolute atomic E-state index is 13.0. The molecule has 0 aromatic carbocycles. The van der Waals surface area contributed by atoms with Crippen molar-refractivity contribution in [1.29, 1.82) is 0 Å². The zero-order chi connectivity index (χ0) is 29.2. The van der Waals surface area contributed by atoms with Gasteiger partial charge in [-0.3, -0.25) is 0 Å². The van der Waals surface area contributed by atoms with Crippen LogP contribution in [-0.2, 0) is 15.7 Å². The molecule has 0 aliphatic carbocycles. The van der Waals surface area contributed by atoms with E-state index in [4.69, 9.17) is 6.15 Å². The van der Waals surface area contributed by atoms with Gasteiger partial charge in [0.2, 0.25) is 0 Å². The number of carbonyl (C=O) groups is 2. The molecule has 0 heterocycles. The summed E-state index contributed by atoms with van der Waals surface area (Å²) in [5, 5.41) is 0. The van der Waals surface area contributed by atoms with Gasteiger partial charge < -0.3 is 0 Å². The molecule has 0 amide bonds. The van der Waals surface area contributed by atoms with E-state index in [1.54, 1.807) is 0 Å². The van der Waals surface area contributed by atoms with Crippen molar-refractivity contribution in [1.82, 2.24) is 0 Å². The molecule has 0 aromatic rings. The normalized spacial score (nSPS) is 11.2. The van der Waals surface area contributed by atoms with Gasteiger partial charge in [-0.1, -0.05) is 13.8 Å². The van der Waals surface area contributed by atoms with Crippen LogP contribution in [0.3, 0.4) is 0 Å². The van der Waals surface area contributed by atoms with Crippen molar-refractivity contribution in [3.8, 4) is 0 Å². The van der Waals surface area contributed by atoms with Crippen LogP contribution < -0.4 is 0 Å². The molecule has 228 valence electrons. The summed E-state index contributed by atoms with van der Waals surface area (Å²) in [6.45, 7) is 12.7. The van der Waals surface area contributed by atoms with E-state index in [-0.39, 0.29) is 11.9 Å². The molecule has 0 rings (SSSR count). The van der Waals surface area contributed by atoms with Crippen molar-refractivity contribution in [2.75, 3.05) is 0 Å². The first-order chi connectivity index (χ1) is 18.7. The SMILES string of the molecule is CCCCCCCCCCCC(=O)[O][Sn]([CH2]C=C(C)C)([CH2]C=C(C)C)[O]C(=O)CCCCCCCCCCC. The average Bonchev–Trinajstić information content (AvgIpc) is 2.89. The number of rotatable bonds is 26. The third-order valence-electron chi connectivity index (χ3n) is 7.21. The van der Waals surface area contributed by atoms with Gasteiger partial charge in [-0.2, -0.15) is 0 Å². The zero-order valence-electron chi connectivity index (χ0n) is 26.8. The number of hydrogen-bond acceptors (Lipinski definition) is 4. The predicted octanol–water partition coefficient (Wildman–Crippen LogP) is 11.3. The summed E-state index contributed by atoms with van der Waals surface area (Å²) in [6, 6.07) is 0. The van der Waals surface area contributed by atoms with Crippen LogP contribution in [-0.4, -0.2) is 31.1 Å². The monoisotopic (exact) mass is 656 g/mol. The Kier molecular flexibility index (Phi) is 25.6. The molecule has 0 unspecified atom stereocenters. The number of hydrogen-bond donors (Lipinski definition) is 0. The second kappa shape index (κ2) is 26.1. The standard InChI is InChI=1S/2C12H24O2.2C5H9.Sn/c2*1-2-3-4-5-6-7-8-9-10-11-12(13)14;2*1-4-5(2)3;/h2*2-11H2,1H3,(H,13,14);2*4H,1H2,2-3H3;/q;;;;+2/p-2. The van der Waals surface area contributed by atoms with E-state index < -0.39 is 19.2 Å². The Balaban J connectivity index is 4.82. The summed E-state index contributed by atoms with van der Waals surface area (Å²) in [7, 11) is 0. The van der Waals surface area contributed by atoms with E-state index in [1.165, 1.54) is 101 Å². The molecule has 0 N–H and O–H groups in total. The van der Waals surface area contributed by atoms with Crippen LogP contribution >= 0.6 is 0 Å². The molecule has 0 aliphatic heterocycles. The molecule has 0 aromatic heterocycles. The summed E-state index contributed by atoms with van der Waals surface area (Å²) in [4.78, 5) is 25.9. The molecular weight excluding hydrogens is 591 g/mol. The van der Waals surface area contributed by atoms with Gasteiger partial charge in [0.25, 0.3) is 0 Å². The van der Waals surface area contributed by atoms with Crippen molar-refractivity contribution >= 4 is 31.1 Å². The van der Waals surface area contributed by atoms with Gasteiger partial charge >= 0.3 is 235 Å². The molecule has 0 fully saturated rings. The Hall–Kier alpha value is -0.781. The summed E-state index contributed by atoms with van der Waals surface area (Å²) in [6.07, 6.45) is 26.9. The topological polar surface area (TPSA) is 52.6 Å². The van der Waals surface area contributed by atoms with E-state index in [2.05, 4.69) is 26.0 Å². The van der Waals surface area contributed by atoms with Crippen LogP contribution in [0.1, 0.15) is 170 Å². The Morgan fingerprint density at radius 1 is 0.487 bits per heavy atom. The summed E-state index contributed by atoms with van der Waals surface area (Å²) < 4.78 is 13.6. The molecule has 4 nitrogen and oxygen atoms in total.